The van der Waals surface area contributed by atoms with Crippen molar-refractivity contribution < 1.29 is 9.53 Å². The zero-order chi connectivity index (χ0) is 24.1. The van der Waals surface area contributed by atoms with Crippen molar-refractivity contribution in [1.29, 1.82) is 0 Å². The number of para-hydroxylation sites is 2. The Labute approximate surface area is 198 Å². The van der Waals surface area contributed by atoms with Gasteiger partial charge in [0.25, 0.3) is 5.56 Å². The third-order valence-electron chi connectivity index (χ3n) is 6.10. The predicted octanol–water partition coefficient (Wildman–Crippen LogP) is 3.59. The monoisotopic (exact) mass is 464 g/mol. The minimum Gasteiger partial charge on any atom is -0.454 e. The van der Waals surface area contributed by atoms with Gasteiger partial charge in [0.1, 0.15) is 5.82 Å². The number of carbonyl (C=O) groups excluding carboxylic acids is 1. The van der Waals surface area contributed by atoms with Crippen LogP contribution in [0.25, 0.3) is 33.4 Å². The molecular formula is C26H20N6O3. The SMILES string of the molecule is Cc1nc2cc(C(=O)OCc3nnc4n(C)c(=O)c5ccccc5n34)ccc2n1-c1ccccc1. The third kappa shape index (κ3) is 3.28. The minimum atomic E-state index is -0.496. The molecule has 0 unspecified atom stereocenters. The average Bonchev–Trinajstić information content (AvgIpc) is 3.46. The van der Waals surface area contributed by atoms with Crippen molar-refractivity contribution in [3.63, 3.8) is 0 Å². The number of nitrogens with zero attached hydrogens (tertiary/aromatic N) is 6. The van der Waals surface area contributed by atoms with E-state index in [2.05, 4.69) is 15.2 Å². The first-order valence-corrected chi connectivity index (χ1v) is 11.1. The maximum absolute atomic E-state index is 12.9. The van der Waals surface area contributed by atoms with E-state index in [9.17, 15) is 9.59 Å². The number of esters is 1. The van der Waals surface area contributed by atoms with Gasteiger partial charge in [0.05, 0.1) is 27.5 Å². The highest BCUT2D eigenvalue weighted by Gasteiger charge is 2.18. The Bertz CT molecular complexity index is 1810. The molecule has 3 aromatic heterocycles. The van der Waals surface area contributed by atoms with Gasteiger partial charge >= 0.3 is 5.97 Å². The molecule has 9 nitrogen and oxygen atoms in total. The van der Waals surface area contributed by atoms with Gasteiger partial charge in [0, 0.05) is 12.7 Å². The molecule has 172 valence electrons. The van der Waals surface area contributed by atoms with E-state index in [1.54, 1.807) is 35.7 Å². The number of benzene rings is 3. The molecule has 0 saturated carbocycles. The summed E-state index contributed by atoms with van der Waals surface area (Å²) in [5, 5.41) is 8.84. The quantitative estimate of drug-likeness (QED) is 0.370. The molecule has 0 aliphatic heterocycles. The standard InChI is InChI=1S/C26H20N6O3/c1-16-27-20-14-17(12-13-22(20)31(16)18-8-4-3-5-9-18)25(34)35-15-23-28-29-26-30(2)24(33)19-10-6-7-11-21(19)32(23)26/h3-14H,15H2,1-2H3. The molecule has 0 fully saturated rings. The molecular weight excluding hydrogens is 444 g/mol. The smallest absolute Gasteiger partial charge is 0.338 e. The summed E-state index contributed by atoms with van der Waals surface area (Å²) in [6.07, 6.45) is 0. The highest BCUT2D eigenvalue weighted by Crippen LogP contribution is 2.23. The number of aromatic nitrogens is 6. The zero-order valence-electron chi connectivity index (χ0n) is 19.0. The van der Waals surface area contributed by atoms with E-state index in [0.29, 0.717) is 33.6 Å². The van der Waals surface area contributed by atoms with Crippen molar-refractivity contribution in [3.8, 4) is 5.69 Å². The Morgan fingerprint density at radius 2 is 1.71 bits per heavy atom. The molecule has 0 saturated heterocycles. The number of hydrogen-bond donors (Lipinski definition) is 0. The van der Waals surface area contributed by atoms with Crippen LogP contribution in [0.4, 0.5) is 0 Å². The fraction of sp³-hybridized carbons (Fsp3) is 0.115. The number of ether oxygens (including phenoxy) is 1. The first-order chi connectivity index (χ1) is 17.0. The van der Waals surface area contributed by atoms with E-state index < -0.39 is 5.97 Å². The fourth-order valence-electron chi connectivity index (χ4n) is 4.43. The van der Waals surface area contributed by atoms with Crippen LogP contribution in [0.5, 0.6) is 0 Å². The van der Waals surface area contributed by atoms with Crippen LogP contribution in [-0.4, -0.2) is 34.7 Å². The highest BCUT2D eigenvalue weighted by molar-refractivity contribution is 5.94. The van der Waals surface area contributed by atoms with Gasteiger partial charge in [0.2, 0.25) is 5.78 Å². The lowest BCUT2D eigenvalue weighted by atomic mass is 10.2. The lowest BCUT2D eigenvalue weighted by molar-refractivity contribution is 0.0461. The molecule has 3 heterocycles. The van der Waals surface area contributed by atoms with Crippen LogP contribution in [0.2, 0.25) is 0 Å². The Balaban J connectivity index is 1.32. The van der Waals surface area contributed by atoms with E-state index in [-0.39, 0.29) is 12.2 Å². The highest BCUT2D eigenvalue weighted by atomic mass is 16.5. The van der Waals surface area contributed by atoms with Gasteiger partial charge in [0.15, 0.2) is 12.4 Å². The van der Waals surface area contributed by atoms with Gasteiger partial charge in [-0.2, -0.15) is 0 Å². The van der Waals surface area contributed by atoms with Gasteiger partial charge in [-0.25, -0.2) is 9.78 Å². The van der Waals surface area contributed by atoms with Crippen molar-refractivity contribution >= 4 is 33.7 Å². The normalized spacial score (nSPS) is 11.5. The second-order valence-corrected chi connectivity index (χ2v) is 8.24. The Kier molecular flexibility index (Phi) is 4.70. The lowest BCUT2D eigenvalue weighted by Gasteiger charge is -2.09. The molecule has 0 N–H and O–H groups in total. The van der Waals surface area contributed by atoms with Gasteiger partial charge in [-0.15, -0.1) is 10.2 Å². The van der Waals surface area contributed by atoms with Crippen LogP contribution in [0, 0.1) is 6.92 Å². The Hall–Kier alpha value is -4.79. The second-order valence-electron chi connectivity index (χ2n) is 8.24. The van der Waals surface area contributed by atoms with Crippen molar-refractivity contribution in [2.24, 2.45) is 7.05 Å². The van der Waals surface area contributed by atoms with E-state index in [0.717, 1.165) is 17.0 Å². The third-order valence-corrected chi connectivity index (χ3v) is 6.10. The average molecular weight is 464 g/mol. The summed E-state index contributed by atoms with van der Waals surface area (Å²) < 4.78 is 10.8. The maximum Gasteiger partial charge on any atom is 0.338 e. The van der Waals surface area contributed by atoms with Crippen LogP contribution >= 0.6 is 0 Å². The van der Waals surface area contributed by atoms with Crippen molar-refractivity contribution in [3.05, 3.63) is 100 Å². The number of fused-ring (bicyclic) bond motifs is 4. The Morgan fingerprint density at radius 3 is 2.54 bits per heavy atom. The Morgan fingerprint density at radius 1 is 0.943 bits per heavy atom. The molecule has 0 radical (unpaired) electrons. The van der Waals surface area contributed by atoms with Crippen LogP contribution < -0.4 is 5.56 Å². The van der Waals surface area contributed by atoms with E-state index >= 15 is 0 Å². The predicted molar refractivity (Wildman–Crippen MR) is 131 cm³/mol. The zero-order valence-corrected chi connectivity index (χ0v) is 19.0. The summed E-state index contributed by atoms with van der Waals surface area (Å²) in [5.74, 6) is 1.13. The number of hydrogen-bond acceptors (Lipinski definition) is 6. The number of rotatable bonds is 4. The van der Waals surface area contributed by atoms with E-state index in [1.165, 1.54) is 4.57 Å². The lowest BCUT2D eigenvalue weighted by Crippen LogP contribution is -2.20. The van der Waals surface area contributed by atoms with Crippen molar-refractivity contribution in [2.45, 2.75) is 13.5 Å². The molecule has 9 heteroatoms. The molecule has 0 atom stereocenters. The van der Waals surface area contributed by atoms with Gasteiger partial charge in [-0.1, -0.05) is 30.3 Å². The molecule has 0 spiro atoms. The van der Waals surface area contributed by atoms with Crippen LogP contribution in [0.3, 0.4) is 0 Å². The maximum atomic E-state index is 12.9. The number of aryl methyl sites for hydroxylation is 2. The molecule has 35 heavy (non-hydrogen) atoms. The van der Waals surface area contributed by atoms with Gasteiger partial charge in [-0.05, 0) is 49.4 Å². The molecule has 0 amide bonds. The first kappa shape index (κ1) is 20.8. The van der Waals surface area contributed by atoms with Crippen LogP contribution in [0.1, 0.15) is 22.0 Å². The summed E-state index contributed by atoms with van der Waals surface area (Å²) in [6.45, 7) is 1.83. The summed E-state index contributed by atoms with van der Waals surface area (Å²) in [5.41, 5.74) is 3.49. The van der Waals surface area contributed by atoms with Crippen molar-refractivity contribution in [1.82, 2.24) is 28.7 Å². The van der Waals surface area contributed by atoms with Gasteiger partial charge in [-0.3, -0.25) is 18.3 Å². The van der Waals surface area contributed by atoms with E-state index in [4.69, 9.17) is 4.74 Å². The fourth-order valence-corrected chi connectivity index (χ4v) is 4.43. The largest absolute Gasteiger partial charge is 0.454 e. The van der Waals surface area contributed by atoms with Crippen LogP contribution in [-0.2, 0) is 18.4 Å². The van der Waals surface area contributed by atoms with Crippen molar-refractivity contribution in [2.75, 3.05) is 0 Å². The summed E-state index contributed by atoms with van der Waals surface area (Å²) in [6, 6.07) is 22.5. The van der Waals surface area contributed by atoms with Crippen LogP contribution in [0.15, 0.2) is 77.6 Å². The molecule has 6 rings (SSSR count). The second kappa shape index (κ2) is 7.91. The summed E-state index contributed by atoms with van der Waals surface area (Å²) in [4.78, 5) is 30.1. The molecule has 0 aliphatic carbocycles. The topological polar surface area (TPSA) is 96.3 Å². The first-order valence-electron chi connectivity index (χ1n) is 11.1. The molecule has 0 bridgehead atoms. The number of imidazole rings is 1. The molecule has 0 aliphatic rings. The number of carbonyl (C=O) groups is 1. The van der Waals surface area contributed by atoms with E-state index in [1.807, 2.05) is 60.0 Å². The van der Waals surface area contributed by atoms with Gasteiger partial charge < -0.3 is 4.74 Å². The summed E-state index contributed by atoms with van der Waals surface area (Å²) >= 11 is 0. The minimum absolute atomic E-state index is 0.0995. The summed E-state index contributed by atoms with van der Waals surface area (Å²) in [7, 11) is 1.64. The molecule has 6 aromatic rings. The molecule has 3 aromatic carbocycles.